The predicted octanol–water partition coefficient (Wildman–Crippen LogP) is 0.483. The van der Waals surface area contributed by atoms with Crippen molar-refractivity contribution in [1.29, 1.82) is 0 Å². The highest BCUT2D eigenvalue weighted by Crippen LogP contribution is 2.27. The van der Waals surface area contributed by atoms with Gasteiger partial charge in [-0.1, -0.05) is 6.07 Å². The van der Waals surface area contributed by atoms with Crippen LogP contribution in [0.5, 0.6) is 5.75 Å². The molecule has 1 aliphatic heterocycles. The van der Waals surface area contributed by atoms with E-state index < -0.39 is 10.0 Å². The summed E-state index contributed by atoms with van der Waals surface area (Å²) in [7, 11) is -0.991. The summed E-state index contributed by atoms with van der Waals surface area (Å²) in [5.41, 5.74) is 0.803. The van der Waals surface area contributed by atoms with Gasteiger partial charge in [-0.25, -0.2) is 8.42 Å². The molecule has 2 rings (SSSR count). The first kappa shape index (κ1) is 17.7. The molecule has 1 aromatic rings. The number of ether oxygens (including phenoxy) is 2. The van der Waals surface area contributed by atoms with Gasteiger partial charge in [-0.2, -0.15) is 4.31 Å². The van der Waals surface area contributed by atoms with E-state index in [-0.39, 0.29) is 23.1 Å². The molecule has 0 N–H and O–H groups in total. The highest BCUT2D eigenvalue weighted by Gasteiger charge is 2.28. The summed E-state index contributed by atoms with van der Waals surface area (Å²) in [6.07, 6.45) is 0. The number of likely N-dealkylation sites (N-methyl/N-ethyl adjacent to an activating group) is 1. The van der Waals surface area contributed by atoms with Gasteiger partial charge in [0.05, 0.1) is 26.9 Å². The summed E-state index contributed by atoms with van der Waals surface area (Å²) in [4.78, 5) is 13.9. The van der Waals surface area contributed by atoms with E-state index in [2.05, 4.69) is 0 Å². The van der Waals surface area contributed by atoms with Crippen molar-refractivity contribution in [3.05, 3.63) is 23.8 Å². The molecule has 0 aromatic heterocycles. The lowest BCUT2D eigenvalue weighted by molar-refractivity contribution is -0.135. The minimum Gasteiger partial charge on any atom is -0.495 e. The van der Waals surface area contributed by atoms with E-state index in [1.54, 1.807) is 30.0 Å². The monoisotopic (exact) mass is 342 g/mol. The second-order valence-corrected chi connectivity index (χ2v) is 7.42. The van der Waals surface area contributed by atoms with Gasteiger partial charge in [0.2, 0.25) is 15.9 Å². The molecule has 1 amide bonds. The van der Waals surface area contributed by atoms with E-state index in [1.165, 1.54) is 14.2 Å². The highest BCUT2D eigenvalue weighted by atomic mass is 32.2. The third kappa shape index (κ3) is 4.01. The van der Waals surface area contributed by atoms with Crippen LogP contribution in [-0.2, 0) is 19.6 Å². The average molecular weight is 342 g/mol. The van der Waals surface area contributed by atoms with Crippen LogP contribution >= 0.6 is 0 Å². The lowest BCUT2D eigenvalue weighted by Gasteiger charge is -2.28. The van der Waals surface area contributed by atoms with Crippen LogP contribution in [0, 0.1) is 6.92 Å². The lowest BCUT2D eigenvalue weighted by atomic mass is 10.2. The molecule has 7 nitrogen and oxygen atoms in total. The molecule has 1 aliphatic rings. The Kier molecular flexibility index (Phi) is 5.61. The Balaban J connectivity index is 2.18. The zero-order chi connectivity index (χ0) is 17.0. The van der Waals surface area contributed by atoms with Gasteiger partial charge >= 0.3 is 0 Å². The number of nitrogens with zero attached hydrogens (tertiary/aromatic N) is 2. The second kappa shape index (κ2) is 7.29. The van der Waals surface area contributed by atoms with Gasteiger partial charge in [0, 0.05) is 20.1 Å². The molecular weight excluding hydrogens is 320 g/mol. The van der Waals surface area contributed by atoms with Gasteiger partial charge in [-0.05, 0) is 24.6 Å². The van der Waals surface area contributed by atoms with Gasteiger partial charge in [0.15, 0.2) is 0 Å². The molecule has 1 heterocycles. The van der Waals surface area contributed by atoms with Crippen molar-refractivity contribution in [2.75, 3.05) is 47.0 Å². The molecule has 1 saturated heterocycles. The van der Waals surface area contributed by atoms with Crippen molar-refractivity contribution in [2.45, 2.75) is 11.8 Å². The molecule has 128 valence electrons. The average Bonchev–Trinajstić information content (AvgIpc) is 2.55. The predicted molar refractivity (Wildman–Crippen MR) is 84.9 cm³/mol. The fraction of sp³-hybridized carbons (Fsp3) is 0.533. The molecule has 0 saturated carbocycles. The molecule has 0 unspecified atom stereocenters. The highest BCUT2D eigenvalue weighted by molar-refractivity contribution is 7.89. The molecule has 23 heavy (non-hydrogen) atoms. The molecule has 8 heteroatoms. The number of amides is 1. The maximum atomic E-state index is 12.7. The van der Waals surface area contributed by atoms with Gasteiger partial charge in [0.1, 0.15) is 10.6 Å². The Bertz CT molecular complexity index is 668. The van der Waals surface area contributed by atoms with Crippen LogP contribution in [0.3, 0.4) is 0 Å². The van der Waals surface area contributed by atoms with Gasteiger partial charge in [-0.15, -0.1) is 0 Å². The second-order valence-electron chi connectivity index (χ2n) is 5.41. The summed E-state index contributed by atoms with van der Waals surface area (Å²) < 4.78 is 36.9. The Hall–Kier alpha value is -1.64. The van der Waals surface area contributed by atoms with Crippen LogP contribution in [0.1, 0.15) is 5.56 Å². The van der Waals surface area contributed by atoms with Crippen molar-refractivity contribution in [3.63, 3.8) is 0 Å². The van der Waals surface area contributed by atoms with E-state index in [9.17, 15) is 13.2 Å². The van der Waals surface area contributed by atoms with E-state index in [0.29, 0.717) is 26.3 Å². The summed E-state index contributed by atoms with van der Waals surface area (Å²) in [5.74, 6) is 0.0345. The van der Waals surface area contributed by atoms with Crippen molar-refractivity contribution in [3.8, 4) is 5.75 Å². The zero-order valence-corrected chi connectivity index (χ0v) is 14.4. The molecule has 0 radical (unpaired) electrons. The Labute approximate surface area is 136 Å². The number of carbonyl (C=O) groups is 1. The largest absolute Gasteiger partial charge is 0.495 e. The Morgan fingerprint density at radius 2 is 2.00 bits per heavy atom. The van der Waals surface area contributed by atoms with Crippen LogP contribution in [0.4, 0.5) is 0 Å². The zero-order valence-electron chi connectivity index (χ0n) is 13.6. The minimum atomic E-state index is -3.81. The summed E-state index contributed by atoms with van der Waals surface area (Å²) >= 11 is 0. The summed E-state index contributed by atoms with van der Waals surface area (Å²) in [6.45, 7) is 3.53. The van der Waals surface area contributed by atoms with Crippen LogP contribution in [-0.4, -0.2) is 70.5 Å². The number of aryl methyl sites for hydroxylation is 1. The van der Waals surface area contributed by atoms with Crippen molar-refractivity contribution in [2.24, 2.45) is 0 Å². The first-order valence-electron chi connectivity index (χ1n) is 7.32. The summed E-state index contributed by atoms with van der Waals surface area (Å²) in [5, 5.41) is 0. The SMILES string of the molecule is COc1ccc(C)cc1S(=O)(=O)N(C)CC(=O)N1CCOCC1. The molecule has 0 aliphatic carbocycles. The molecular formula is C15H22N2O5S. The fourth-order valence-corrected chi connectivity index (χ4v) is 3.70. The standard InChI is InChI=1S/C15H22N2O5S/c1-12-4-5-13(21-3)14(10-12)23(19,20)16(2)11-15(18)17-6-8-22-9-7-17/h4-5,10H,6-9,11H2,1-3H3. The van der Waals surface area contributed by atoms with E-state index in [1.807, 2.05) is 0 Å². The maximum absolute atomic E-state index is 12.7. The molecule has 0 bridgehead atoms. The van der Waals surface area contributed by atoms with Crippen LogP contribution in [0.15, 0.2) is 23.1 Å². The normalized spacial score (nSPS) is 15.7. The Morgan fingerprint density at radius 1 is 1.35 bits per heavy atom. The quantitative estimate of drug-likeness (QED) is 0.778. The lowest BCUT2D eigenvalue weighted by Crippen LogP contribution is -2.46. The first-order valence-corrected chi connectivity index (χ1v) is 8.77. The number of hydrogen-bond acceptors (Lipinski definition) is 5. The van der Waals surface area contributed by atoms with Gasteiger partial charge in [-0.3, -0.25) is 4.79 Å². The smallest absolute Gasteiger partial charge is 0.246 e. The van der Waals surface area contributed by atoms with Crippen LogP contribution < -0.4 is 4.74 Å². The number of morpholine rings is 1. The van der Waals surface area contributed by atoms with E-state index in [4.69, 9.17) is 9.47 Å². The molecule has 1 aromatic carbocycles. The maximum Gasteiger partial charge on any atom is 0.246 e. The molecule has 0 spiro atoms. The van der Waals surface area contributed by atoms with E-state index >= 15 is 0 Å². The third-order valence-corrected chi connectivity index (χ3v) is 5.55. The van der Waals surface area contributed by atoms with Crippen LogP contribution in [0.2, 0.25) is 0 Å². The number of carbonyl (C=O) groups excluding carboxylic acids is 1. The Morgan fingerprint density at radius 3 is 2.61 bits per heavy atom. The van der Waals surface area contributed by atoms with Gasteiger partial charge < -0.3 is 14.4 Å². The number of rotatable bonds is 5. The fourth-order valence-electron chi connectivity index (χ4n) is 2.34. The van der Waals surface area contributed by atoms with Crippen molar-refractivity contribution in [1.82, 2.24) is 9.21 Å². The number of hydrogen-bond donors (Lipinski definition) is 0. The number of sulfonamides is 1. The molecule has 0 atom stereocenters. The molecule has 1 fully saturated rings. The van der Waals surface area contributed by atoms with Gasteiger partial charge in [0.25, 0.3) is 0 Å². The third-order valence-electron chi connectivity index (χ3n) is 3.73. The van der Waals surface area contributed by atoms with Crippen molar-refractivity contribution >= 4 is 15.9 Å². The summed E-state index contributed by atoms with van der Waals surface area (Å²) in [6, 6.07) is 4.93. The topological polar surface area (TPSA) is 76.2 Å². The van der Waals surface area contributed by atoms with E-state index in [0.717, 1.165) is 9.87 Å². The first-order chi connectivity index (χ1) is 10.9. The van der Waals surface area contributed by atoms with Crippen molar-refractivity contribution < 1.29 is 22.7 Å². The minimum absolute atomic E-state index is 0.0669. The number of methoxy groups -OCH3 is 1. The van der Waals surface area contributed by atoms with Crippen LogP contribution in [0.25, 0.3) is 0 Å². The number of benzene rings is 1.